The van der Waals surface area contributed by atoms with Crippen LogP contribution in [0.4, 0.5) is 0 Å². The van der Waals surface area contributed by atoms with Gasteiger partial charge in [-0.2, -0.15) is 0 Å². The van der Waals surface area contributed by atoms with Gasteiger partial charge in [0.1, 0.15) is 18.5 Å². The molecule has 8 heteroatoms. The monoisotopic (exact) mass is 566 g/mol. The lowest BCUT2D eigenvalue weighted by Gasteiger charge is -2.43. The van der Waals surface area contributed by atoms with Gasteiger partial charge in [-0.15, -0.1) is 24.8 Å². The zero-order valence-electron chi connectivity index (χ0n) is 15.9. The van der Waals surface area contributed by atoms with Crippen LogP contribution in [0.1, 0.15) is 30.0 Å². The molecule has 2 aromatic rings. The van der Waals surface area contributed by atoms with Gasteiger partial charge in [-0.25, -0.2) is 0 Å². The molecule has 4 nitrogen and oxygen atoms in total. The van der Waals surface area contributed by atoms with E-state index in [1.807, 2.05) is 12.1 Å². The van der Waals surface area contributed by atoms with Gasteiger partial charge < -0.3 is 15.2 Å². The lowest BCUT2D eigenvalue weighted by atomic mass is 9.93. The molecule has 0 spiro atoms. The second-order valence-electron chi connectivity index (χ2n) is 7.29. The lowest BCUT2D eigenvalue weighted by Crippen LogP contribution is -2.48. The number of hydrogen-bond donors (Lipinski definition) is 1. The number of rotatable bonds is 4. The Morgan fingerprint density at radius 3 is 2.38 bits per heavy atom. The van der Waals surface area contributed by atoms with E-state index in [0.29, 0.717) is 19.3 Å². The van der Waals surface area contributed by atoms with Crippen LogP contribution in [0.15, 0.2) is 51.4 Å². The van der Waals surface area contributed by atoms with E-state index in [-0.39, 0.29) is 37.0 Å². The van der Waals surface area contributed by atoms with Crippen LogP contribution >= 0.6 is 56.7 Å². The Morgan fingerprint density at radius 2 is 1.69 bits per heavy atom. The van der Waals surface area contributed by atoms with Crippen LogP contribution in [0.25, 0.3) is 0 Å². The number of benzene rings is 2. The van der Waals surface area contributed by atoms with Gasteiger partial charge in [0.25, 0.3) is 0 Å². The van der Waals surface area contributed by atoms with Gasteiger partial charge in [-0.3, -0.25) is 4.90 Å². The van der Waals surface area contributed by atoms with Crippen molar-refractivity contribution in [3.8, 4) is 5.75 Å². The Kier molecular flexibility index (Phi) is 9.74. The average molecular weight is 569 g/mol. The normalized spacial score (nSPS) is 22.0. The van der Waals surface area contributed by atoms with Crippen LogP contribution in [0.2, 0.25) is 0 Å². The third kappa shape index (κ3) is 6.10. The van der Waals surface area contributed by atoms with Crippen molar-refractivity contribution in [1.29, 1.82) is 0 Å². The van der Waals surface area contributed by atoms with Crippen LogP contribution in [0.5, 0.6) is 5.75 Å². The van der Waals surface area contributed by atoms with Crippen molar-refractivity contribution in [1.82, 2.24) is 4.90 Å². The molecule has 2 aliphatic heterocycles. The summed E-state index contributed by atoms with van der Waals surface area (Å²) >= 11 is 7.10. The molecular weight excluding hydrogens is 543 g/mol. The zero-order valence-corrected chi connectivity index (χ0v) is 20.7. The maximum Gasteiger partial charge on any atom is 0.124 e. The number of fused-ring (bicyclic) bond motifs is 1. The largest absolute Gasteiger partial charge is 0.490 e. The SMILES string of the molecule is Cl.Cl.NC1CCN([C@H]2c3ccccc3OC[C@@H]2OCc2cc(Br)cc(Br)c2)CC1. The highest BCUT2D eigenvalue weighted by Crippen LogP contribution is 2.38. The molecule has 0 aromatic heterocycles. The summed E-state index contributed by atoms with van der Waals surface area (Å²) < 4.78 is 14.5. The zero-order chi connectivity index (χ0) is 18.8. The number of para-hydroxylation sites is 1. The van der Waals surface area contributed by atoms with Gasteiger partial charge in [-0.05, 0) is 42.7 Å². The molecule has 29 heavy (non-hydrogen) atoms. The molecule has 0 bridgehead atoms. The second-order valence-corrected chi connectivity index (χ2v) is 9.13. The summed E-state index contributed by atoms with van der Waals surface area (Å²) in [4.78, 5) is 2.52. The number of nitrogens with two attached hydrogens (primary N) is 1. The molecule has 0 radical (unpaired) electrons. The molecule has 2 heterocycles. The van der Waals surface area contributed by atoms with Crippen LogP contribution in [0.3, 0.4) is 0 Å². The fourth-order valence-electron chi connectivity index (χ4n) is 3.99. The van der Waals surface area contributed by atoms with E-state index in [1.54, 1.807) is 0 Å². The molecule has 1 saturated heterocycles. The summed E-state index contributed by atoms with van der Waals surface area (Å²) in [5, 5.41) is 0. The molecule has 2 N–H and O–H groups in total. The first-order chi connectivity index (χ1) is 13.1. The summed E-state index contributed by atoms with van der Waals surface area (Å²) in [6.45, 7) is 3.13. The quantitative estimate of drug-likeness (QED) is 0.529. The van der Waals surface area contributed by atoms with E-state index < -0.39 is 0 Å². The van der Waals surface area contributed by atoms with Crippen molar-refractivity contribution in [2.75, 3.05) is 19.7 Å². The minimum absolute atomic E-state index is 0. The van der Waals surface area contributed by atoms with E-state index >= 15 is 0 Å². The first-order valence-electron chi connectivity index (χ1n) is 9.38. The highest BCUT2D eigenvalue weighted by Gasteiger charge is 2.37. The van der Waals surface area contributed by atoms with Crippen molar-refractivity contribution in [2.24, 2.45) is 5.73 Å². The molecule has 1 fully saturated rings. The molecule has 4 rings (SSSR count). The predicted molar refractivity (Wildman–Crippen MR) is 128 cm³/mol. The van der Waals surface area contributed by atoms with E-state index in [9.17, 15) is 0 Å². The van der Waals surface area contributed by atoms with Gasteiger partial charge in [0.15, 0.2) is 0 Å². The van der Waals surface area contributed by atoms with Crippen LogP contribution in [-0.2, 0) is 11.3 Å². The summed E-state index contributed by atoms with van der Waals surface area (Å²) in [5.74, 6) is 0.974. The molecule has 2 aromatic carbocycles. The van der Waals surface area contributed by atoms with E-state index in [0.717, 1.165) is 46.2 Å². The topological polar surface area (TPSA) is 47.7 Å². The smallest absolute Gasteiger partial charge is 0.124 e. The molecule has 0 unspecified atom stereocenters. The molecular formula is C21H26Br2Cl2N2O2. The molecule has 0 saturated carbocycles. The number of piperidine rings is 1. The number of hydrogen-bond acceptors (Lipinski definition) is 4. The third-order valence-corrected chi connectivity index (χ3v) is 6.26. The van der Waals surface area contributed by atoms with E-state index in [2.05, 4.69) is 67.1 Å². The minimum atomic E-state index is -0.00742. The maximum absolute atomic E-state index is 6.39. The fraction of sp³-hybridized carbons (Fsp3) is 0.429. The third-order valence-electron chi connectivity index (χ3n) is 5.35. The van der Waals surface area contributed by atoms with Crippen LogP contribution in [0, 0.1) is 0 Å². The molecule has 2 atom stereocenters. The van der Waals surface area contributed by atoms with Crippen molar-refractivity contribution in [2.45, 2.75) is 37.6 Å². The van der Waals surface area contributed by atoms with E-state index in [1.165, 1.54) is 5.56 Å². The Balaban J connectivity index is 0.00000150. The Hall–Kier alpha value is -0.340. The van der Waals surface area contributed by atoms with Gasteiger partial charge in [0, 0.05) is 33.6 Å². The molecule has 160 valence electrons. The molecule has 0 amide bonds. The van der Waals surface area contributed by atoms with Crippen molar-refractivity contribution < 1.29 is 9.47 Å². The fourth-order valence-corrected chi connectivity index (χ4v) is 5.37. The van der Waals surface area contributed by atoms with Crippen molar-refractivity contribution >= 4 is 56.7 Å². The summed E-state index contributed by atoms with van der Waals surface area (Å²) in [7, 11) is 0. The van der Waals surface area contributed by atoms with Crippen LogP contribution < -0.4 is 10.5 Å². The molecule has 0 aliphatic carbocycles. The standard InChI is InChI=1S/C21H24Br2N2O2.2ClH/c22-15-9-14(10-16(23)11-15)12-26-20-13-27-19-4-2-1-3-18(19)21(20)25-7-5-17(24)6-8-25;;/h1-4,9-11,17,20-21H,5-8,12-13,24H2;2*1H/t20-,21-;;/m0../s1. The van der Waals surface area contributed by atoms with Gasteiger partial charge in [-0.1, -0.05) is 50.1 Å². The second kappa shape index (κ2) is 11.3. The van der Waals surface area contributed by atoms with Crippen molar-refractivity contribution in [3.05, 3.63) is 62.5 Å². The molecule has 2 aliphatic rings. The lowest BCUT2D eigenvalue weighted by molar-refractivity contribution is -0.0640. The summed E-state index contributed by atoms with van der Waals surface area (Å²) in [5.41, 5.74) is 8.48. The maximum atomic E-state index is 6.39. The highest BCUT2D eigenvalue weighted by atomic mass is 79.9. The minimum Gasteiger partial charge on any atom is -0.490 e. The van der Waals surface area contributed by atoms with Crippen molar-refractivity contribution in [3.63, 3.8) is 0 Å². The summed E-state index contributed by atoms with van der Waals surface area (Å²) in [6, 6.07) is 15.1. The first-order valence-corrected chi connectivity index (χ1v) is 11.0. The Bertz CT molecular complexity index is 784. The highest BCUT2D eigenvalue weighted by molar-refractivity contribution is 9.11. The number of halogens is 4. The predicted octanol–water partition coefficient (Wildman–Crippen LogP) is 5.50. The van der Waals surface area contributed by atoms with Gasteiger partial charge >= 0.3 is 0 Å². The average Bonchev–Trinajstić information content (AvgIpc) is 2.66. The Morgan fingerprint density at radius 1 is 1.03 bits per heavy atom. The van der Waals surface area contributed by atoms with Gasteiger partial charge in [0.05, 0.1) is 12.6 Å². The summed E-state index contributed by atoms with van der Waals surface area (Å²) in [6.07, 6.45) is 2.06. The first kappa shape index (κ1) is 24.9. The number of ether oxygens (including phenoxy) is 2. The number of nitrogens with zero attached hydrogens (tertiary/aromatic N) is 1. The number of likely N-dealkylation sites (tertiary alicyclic amines) is 1. The van der Waals surface area contributed by atoms with Crippen LogP contribution in [-0.4, -0.2) is 36.7 Å². The Labute approximate surface area is 201 Å². The van der Waals surface area contributed by atoms with E-state index in [4.69, 9.17) is 15.2 Å². The van der Waals surface area contributed by atoms with Gasteiger partial charge in [0.2, 0.25) is 0 Å².